The molecule has 1 heterocycles. The lowest BCUT2D eigenvalue weighted by molar-refractivity contribution is 0.103. The Kier molecular flexibility index (Phi) is 4.37. The average molecular weight is 331 g/mol. The molecule has 0 radical (unpaired) electrons. The summed E-state index contributed by atoms with van der Waals surface area (Å²) in [6.45, 7) is 0. The van der Waals surface area contributed by atoms with Crippen LogP contribution >= 0.6 is 34.5 Å². The number of carbonyl (C=O) groups is 1. The van der Waals surface area contributed by atoms with Crippen LogP contribution in [0.1, 0.15) is 9.67 Å². The van der Waals surface area contributed by atoms with Crippen molar-refractivity contribution in [1.82, 2.24) is 4.98 Å². The van der Waals surface area contributed by atoms with Crippen molar-refractivity contribution in [3.05, 3.63) is 33.1 Å². The second-order valence-electron chi connectivity index (χ2n) is 4.22. The number of nitrogens with zero attached hydrogens (tertiary/aromatic N) is 2. The number of nitrogens with two attached hydrogens (primary N) is 1. The zero-order chi connectivity index (χ0) is 14.9. The molecule has 0 spiro atoms. The topological polar surface area (TPSA) is 71.2 Å². The van der Waals surface area contributed by atoms with E-state index in [2.05, 4.69) is 10.3 Å². The molecule has 0 aliphatic carbocycles. The van der Waals surface area contributed by atoms with E-state index < -0.39 is 0 Å². The monoisotopic (exact) mass is 330 g/mol. The molecule has 20 heavy (non-hydrogen) atoms. The molecule has 0 saturated carbocycles. The molecular formula is C12H12Cl2N4OS. The lowest BCUT2D eigenvalue weighted by Gasteiger charge is -2.06. The maximum Gasteiger partial charge on any atom is 0.269 e. The Labute approximate surface area is 130 Å². The van der Waals surface area contributed by atoms with E-state index in [0.717, 1.165) is 0 Å². The molecule has 5 nitrogen and oxygen atoms in total. The van der Waals surface area contributed by atoms with Gasteiger partial charge in [0.05, 0.1) is 0 Å². The van der Waals surface area contributed by atoms with E-state index in [4.69, 9.17) is 28.9 Å². The smallest absolute Gasteiger partial charge is 0.269 e. The van der Waals surface area contributed by atoms with Crippen molar-refractivity contribution in [2.24, 2.45) is 0 Å². The van der Waals surface area contributed by atoms with Crippen LogP contribution < -0.4 is 16.0 Å². The third kappa shape index (κ3) is 3.33. The molecule has 0 saturated heterocycles. The first-order chi connectivity index (χ1) is 9.36. The Hall–Kier alpha value is -1.50. The van der Waals surface area contributed by atoms with Crippen LogP contribution in [0.4, 0.5) is 16.6 Å². The molecule has 2 aromatic rings. The number of thiazole rings is 1. The highest BCUT2D eigenvalue weighted by Crippen LogP contribution is 2.28. The number of aromatic nitrogens is 1. The van der Waals surface area contributed by atoms with Crippen LogP contribution in [-0.2, 0) is 0 Å². The van der Waals surface area contributed by atoms with Crippen LogP contribution in [0.15, 0.2) is 18.2 Å². The van der Waals surface area contributed by atoms with Crippen molar-refractivity contribution in [3.63, 3.8) is 0 Å². The second kappa shape index (κ2) is 5.87. The maximum atomic E-state index is 12.2. The van der Waals surface area contributed by atoms with E-state index in [1.54, 1.807) is 23.1 Å². The van der Waals surface area contributed by atoms with Gasteiger partial charge in [0.25, 0.3) is 5.91 Å². The van der Waals surface area contributed by atoms with Crippen LogP contribution in [0.3, 0.4) is 0 Å². The van der Waals surface area contributed by atoms with E-state index >= 15 is 0 Å². The van der Waals surface area contributed by atoms with Gasteiger partial charge in [0.2, 0.25) is 0 Å². The number of amides is 1. The summed E-state index contributed by atoms with van der Waals surface area (Å²) in [6, 6.07) is 4.80. The van der Waals surface area contributed by atoms with E-state index in [0.29, 0.717) is 25.7 Å². The molecule has 0 unspecified atom stereocenters. The fourth-order valence-electron chi connectivity index (χ4n) is 1.49. The maximum absolute atomic E-state index is 12.2. The van der Waals surface area contributed by atoms with Crippen LogP contribution in [-0.4, -0.2) is 25.0 Å². The van der Waals surface area contributed by atoms with Crippen molar-refractivity contribution >= 4 is 57.1 Å². The van der Waals surface area contributed by atoms with Gasteiger partial charge in [0.15, 0.2) is 5.13 Å². The van der Waals surface area contributed by atoms with E-state index in [-0.39, 0.29) is 11.7 Å². The number of hydrogen-bond donors (Lipinski definition) is 2. The molecule has 0 aliphatic rings. The largest absolute Gasteiger partial charge is 0.382 e. The van der Waals surface area contributed by atoms with Gasteiger partial charge in [0.1, 0.15) is 10.7 Å². The molecular weight excluding hydrogens is 319 g/mol. The summed E-state index contributed by atoms with van der Waals surface area (Å²) < 4.78 is 0. The van der Waals surface area contributed by atoms with Crippen LogP contribution in [0, 0.1) is 0 Å². The summed E-state index contributed by atoms with van der Waals surface area (Å²) in [5, 5.41) is 4.25. The standard InChI is InChI=1S/C12H12Cl2N4OS/c1-18(2)12-17-10(15)9(20-12)11(19)16-8-4-6(13)3-7(14)5-8/h3-5H,15H2,1-2H3,(H,16,19). The predicted molar refractivity (Wildman–Crippen MR) is 85.3 cm³/mol. The summed E-state index contributed by atoms with van der Waals surface area (Å²) in [6.07, 6.45) is 0. The van der Waals surface area contributed by atoms with Crippen molar-refractivity contribution in [3.8, 4) is 0 Å². The molecule has 106 valence electrons. The van der Waals surface area contributed by atoms with Crippen molar-refractivity contribution in [2.45, 2.75) is 0 Å². The molecule has 1 aromatic heterocycles. The Balaban J connectivity index is 2.23. The third-order valence-electron chi connectivity index (χ3n) is 2.35. The highest BCUT2D eigenvalue weighted by molar-refractivity contribution is 7.18. The lowest BCUT2D eigenvalue weighted by Crippen LogP contribution is -2.12. The van der Waals surface area contributed by atoms with Gasteiger partial charge in [0, 0.05) is 29.8 Å². The minimum Gasteiger partial charge on any atom is -0.382 e. The Morgan fingerprint density at radius 3 is 2.40 bits per heavy atom. The van der Waals surface area contributed by atoms with Crippen LogP contribution in [0.2, 0.25) is 10.0 Å². The first kappa shape index (κ1) is 14.9. The Morgan fingerprint density at radius 1 is 1.30 bits per heavy atom. The van der Waals surface area contributed by atoms with E-state index in [9.17, 15) is 4.79 Å². The van der Waals surface area contributed by atoms with Crippen molar-refractivity contribution < 1.29 is 4.79 Å². The quantitative estimate of drug-likeness (QED) is 0.905. The summed E-state index contributed by atoms with van der Waals surface area (Å²) in [5.74, 6) is -0.143. The van der Waals surface area contributed by atoms with Gasteiger partial charge in [-0.25, -0.2) is 4.98 Å². The molecule has 1 amide bonds. The number of rotatable bonds is 3. The first-order valence-electron chi connectivity index (χ1n) is 5.58. The van der Waals surface area contributed by atoms with Crippen molar-refractivity contribution in [1.29, 1.82) is 0 Å². The molecule has 0 bridgehead atoms. The average Bonchev–Trinajstić information content (AvgIpc) is 2.70. The molecule has 8 heteroatoms. The molecule has 0 atom stereocenters. The fourth-order valence-corrected chi connectivity index (χ4v) is 2.82. The Bertz CT molecular complexity index is 637. The summed E-state index contributed by atoms with van der Waals surface area (Å²) >= 11 is 13.0. The molecule has 0 aliphatic heterocycles. The van der Waals surface area contributed by atoms with Gasteiger partial charge < -0.3 is 16.0 Å². The van der Waals surface area contributed by atoms with Gasteiger partial charge in [-0.2, -0.15) is 0 Å². The van der Waals surface area contributed by atoms with Gasteiger partial charge in [-0.05, 0) is 18.2 Å². The zero-order valence-electron chi connectivity index (χ0n) is 10.8. The Morgan fingerprint density at radius 2 is 1.90 bits per heavy atom. The van der Waals surface area contributed by atoms with Crippen molar-refractivity contribution in [2.75, 3.05) is 30.0 Å². The molecule has 1 aromatic carbocycles. The SMILES string of the molecule is CN(C)c1nc(N)c(C(=O)Nc2cc(Cl)cc(Cl)c2)s1. The fraction of sp³-hybridized carbons (Fsp3) is 0.167. The number of nitrogens with one attached hydrogen (secondary N) is 1. The molecule has 0 fully saturated rings. The number of halogens is 2. The van der Waals surface area contributed by atoms with Gasteiger partial charge in [-0.1, -0.05) is 34.5 Å². The summed E-state index contributed by atoms with van der Waals surface area (Å²) in [5.41, 5.74) is 6.26. The van der Waals surface area contributed by atoms with Crippen LogP contribution in [0.5, 0.6) is 0 Å². The number of anilines is 3. The highest BCUT2D eigenvalue weighted by atomic mass is 35.5. The second-order valence-corrected chi connectivity index (χ2v) is 6.07. The predicted octanol–water partition coefficient (Wildman–Crippen LogP) is 3.35. The minimum absolute atomic E-state index is 0.198. The lowest BCUT2D eigenvalue weighted by atomic mass is 10.3. The van der Waals surface area contributed by atoms with Crippen LogP contribution in [0.25, 0.3) is 0 Å². The molecule has 2 rings (SSSR count). The van der Waals surface area contributed by atoms with Gasteiger partial charge in [-0.15, -0.1) is 0 Å². The number of hydrogen-bond acceptors (Lipinski definition) is 5. The number of carbonyl (C=O) groups excluding carboxylic acids is 1. The molecule has 3 N–H and O–H groups in total. The third-order valence-corrected chi connectivity index (χ3v) is 4.03. The normalized spacial score (nSPS) is 10.4. The zero-order valence-corrected chi connectivity index (χ0v) is 13.1. The van der Waals surface area contributed by atoms with E-state index in [1.165, 1.54) is 11.3 Å². The minimum atomic E-state index is -0.341. The highest BCUT2D eigenvalue weighted by Gasteiger charge is 2.17. The van der Waals surface area contributed by atoms with Gasteiger partial charge >= 0.3 is 0 Å². The number of benzene rings is 1. The van der Waals surface area contributed by atoms with E-state index in [1.807, 2.05) is 14.1 Å². The summed E-state index contributed by atoms with van der Waals surface area (Å²) in [7, 11) is 3.66. The number of nitrogen functional groups attached to an aromatic ring is 1. The first-order valence-corrected chi connectivity index (χ1v) is 7.15. The van der Waals surface area contributed by atoms with Gasteiger partial charge in [-0.3, -0.25) is 4.79 Å². The summed E-state index contributed by atoms with van der Waals surface area (Å²) in [4.78, 5) is 18.4.